The summed E-state index contributed by atoms with van der Waals surface area (Å²) in [5.74, 6) is -0.929. The molecule has 0 amide bonds. The van der Waals surface area contributed by atoms with E-state index in [0.717, 1.165) is 13.1 Å². The Morgan fingerprint density at radius 3 is 1.34 bits per heavy atom. The molecule has 2 heterocycles. The van der Waals surface area contributed by atoms with E-state index in [-0.39, 0.29) is 47.3 Å². The zero-order valence-corrected chi connectivity index (χ0v) is 24.5. The van der Waals surface area contributed by atoms with Gasteiger partial charge in [0.1, 0.15) is 23.7 Å². The van der Waals surface area contributed by atoms with Crippen LogP contribution in [-0.2, 0) is 18.9 Å². The first-order chi connectivity index (χ1) is 17.9. The minimum atomic E-state index is -0.777. The van der Waals surface area contributed by atoms with Crippen LogP contribution in [0, 0.1) is 23.7 Å². The Balaban J connectivity index is 1.90. The second-order valence-corrected chi connectivity index (χ2v) is 11.9. The predicted octanol–water partition coefficient (Wildman–Crippen LogP) is 4.77. The molecule has 2 unspecified atom stereocenters. The first-order valence-electron chi connectivity index (χ1n) is 14.2. The van der Waals surface area contributed by atoms with E-state index in [1.54, 1.807) is 24.3 Å². The summed E-state index contributed by atoms with van der Waals surface area (Å²) in [5, 5.41) is 6.68. The van der Waals surface area contributed by atoms with Crippen molar-refractivity contribution in [2.75, 3.05) is 26.3 Å². The predicted molar refractivity (Wildman–Crippen MR) is 147 cm³/mol. The van der Waals surface area contributed by atoms with Crippen molar-refractivity contribution in [2.45, 2.75) is 91.9 Å². The maximum Gasteiger partial charge on any atom is 0.339 e. The third-order valence-electron chi connectivity index (χ3n) is 8.44. The highest BCUT2D eigenvalue weighted by Crippen LogP contribution is 2.39. The van der Waals surface area contributed by atoms with Crippen LogP contribution in [0.15, 0.2) is 24.3 Å². The van der Waals surface area contributed by atoms with Crippen molar-refractivity contribution in [3.63, 3.8) is 0 Å². The summed E-state index contributed by atoms with van der Waals surface area (Å²) >= 11 is 0. The second kappa shape index (κ2) is 12.9. The van der Waals surface area contributed by atoms with Crippen LogP contribution in [-0.4, -0.2) is 61.9 Å². The van der Waals surface area contributed by atoms with Crippen molar-refractivity contribution in [1.82, 2.24) is 10.6 Å². The van der Waals surface area contributed by atoms with Gasteiger partial charge in [-0.25, -0.2) is 9.59 Å². The lowest BCUT2D eigenvalue weighted by molar-refractivity contribution is -0.103. The average Bonchev–Trinajstić information content (AvgIpc) is 3.56. The van der Waals surface area contributed by atoms with Crippen LogP contribution in [0.25, 0.3) is 0 Å². The molecule has 2 fully saturated rings. The summed E-state index contributed by atoms with van der Waals surface area (Å²) in [5.41, 5.74) is -1.14. The average molecular weight is 533 g/mol. The van der Waals surface area contributed by atoms with Crippen molar-refractivity contribution >= 4 is 11.9 Å². The fourth-order valence-corrected chi connectivity index (χ4v) is 5.93. The quantitative estimate of drug-likeness (QED) is 0.372. The van der Waals surface area contributed by atoms with E-state index in [0.29, 0.717) is 26.1 Å². The number of esters is 2. The Bertz CT molecular complexity index is 841. The van der Waals surface area contributed by atoms with E-state index in [1.165, 1.54) is 0 Å². The van der Waals surface area contributed by atoms with Crippen molar-refractivity contribution in [2.24, 2.45) is 23.7 Å². The number of ether oxygens (including phenoxy) is 4. The van der Waals surface area contributed by atoms with Crippen LogP contribution < -0.4 is 10.6 Å². The summed E-state index contributed by atoms with van der Waals surface area (Å²) in [6.45, 7) is 19.3. The van der Waals surface area contributed by atoms with E-state index in [1.807, 2.05) is 0 Å². The molecule has 38 heavy (non-hydrogen) atoms. The van der Waals surface area contributed by atoms with Gasteiger partial charge in [-0.3, -0.25) is 10.6 Å². The molecule has 8 heteroatoms. The molecule has 2 aliphatic heterocycles. The first-order valence-corrected chi connectivity index (χ1v) is 14.2. The molecule has 3 rings (SSSR count). The maximum atomic E-state index is 13.8. The van der Waals surface area contributed by atoms with Gasteiger partial charge in [0, 0.05) is 25.9 Å². The highest BCUT2D eigenvalue weighted by molar-refractivity contribution is 6.03. The molecule has 0 aromatic heterocycles. The molecular formula is C30H48N2O6. The molecule has 0 saturated carbocycles. The number of nitrogens with one attached hydrogen (secondary N) is 2. The number of benzene rings is 1. The number of hydrogen-bond acceptors (Lipinski definition) is 8. The van der Waals surface area contributed by atoms with Gasteiger partial charge >= 0.3 is 11.9 Å². The Morgan fingerprint density at radius 2 is 1.08 bits per heavy atom. The molecule has 1 aromatic rings. The van der Waals surface area contributed by atoms with Gasteiger partial charge in [0.25, 0.3) is 0 Å². The van der Waals surface area contributed by atoms with Gasteiger partial charge in [-0.15, -0.1) is 0 Å². The second-order valence-electron chi connectivity index (χ2n) is 11.9. The minimum Gasteiger partial charge on any atom is -0.455 e. The maximum absolute atomic E-state index is 13.8. The van der Waals surface area contributed by atoms with Crippen LogP contribution in [0.5, 0.6) is 0 Å². The van der Waals surface area contributed by atoms with Crippen LogP contribution in [0.3, 0.4) is 0 Å². The van der Waals surface area contributed by atoms with Crippen molar-refractivity contribution in [3.05, 3.63) is 35.4 Å². The molecular weight excluding hydrogens is 484 g/mol. The number of rotatable bonds is 12. The van der Waals surface area contributed by atoms with Crippen molar-refractivity contribution < 1.29 is 28.5 Å². The zero-order valence-electron chi connectivity index (χ0n) is 24.5. The Kier molecular flexibility index (Phi) is 10.4. The standard InChI is InChI=1S/C30H48N2O6/c1-19(2)29(20(3)4,17-25-31-13-15-35-25)37-27(33)23-11-9-10-12-24(23)28(34)38-30(21(5)6,22(7)8)18-26-32-14-16-36-26/h9-12,19-22,25-26,31-32H,13-18H2,1-8H3. The topological polar surface area (TPSA) is 95.1 Å². The molecule has 2 aliphatic rings. The van der Waals surface area contributed by atoms with Crippen LogP contribution in [0.1, 0.15) is 88.9 Å². The fraction of sp³-hybridized carbons (Fsp3) is 0.733. The van der Waals surface area contributed by atoms with Gasteiger partial charge in [-0.2, -0.15) is 0 Å². The Morgan fingerprint density at radius 1 is 0.737 bits per heavy atom. The highest BCUT2D eigenvalue weighted by Gasteiger charge is 2.46. The first kappa shape index (κ1) is 30.5. The molecule has 0 radical (unpaired) electrons. The number of hydrogen-bond donors (Lipinski definition) is 2. The highest BCUT2D eigenvalue weighted by atomic mass is 16.6. The summed E-state index contributed by atoms with van der Waals surface area (Å²) < 4.78 is 24.3. The molecule has 0 aliphatic carbocycles. The zero-order chi connectivity index (χ0) is 28.1. The van der Waals surface area contributed by atoms with Gasteiger partial charge < -0.3 is 18.9 Å². The van der Waals surface area contributed by atoms with Crippen LogP contribution >= 0.6 is 0 Å². The van der Waals surface area contributed by atoms with Gasteiger partial charge in [0.05, 0.1) is 24.3 Å². The monoisotopic (exact) mass is 532 g/mol. The number of carbonyl (C=O) groups is 2. The molecule has 2 saturated heterocycles. The summed E-state index contributed by atoms with van der Waals surface area (Å²) in [6, 6.07) is 6.77. The Hall–Kier alpha value is -2.00. The van der Waals surface area contributed by atoms with Gasteiger partial charge in [0.15, 0.2) is 0 Å². The van der Waals surface area contributed by atoms with Gasteiger partial charge in [0.2, 0.25) is 0 Å². The Labute approximate surface area is 228 Å². The molecule has 2 atom stereocenters. The van der Waals surface area contributed by atoms with E-state index in [2.05, 4.69) is 66.0 Å². The van der Waals surface area contributed by atoms with Crippen molar-refractivity contribution in [1.29, 1.82) is 0 Å². The largest absolute Gasteiger partial charge is 0.455 e. The third-order valence-corrected chi connectivity index (χ3v) is 8.44. The summed E-state index contributed by atoms with van der Waals surface area (Å²) in [7, 11) is 0. The van der Waals surface area contributed by atoms with E-state index >= 15 is 0 Å². The van der Waals surface area contributed by atoms with Crippen molar-refractivity contribution in [3.8, 4) is 0 Å². The lowest BCUT2D eigenvalue weighted by atomic mass is 9.77. The van der Waals surface area contributed by atoms with Crippen LogP contribution in [0.4, 0.5) is 0 Å². The summed E-state index contributed by atoms with van der Waals surface area (Å²) in [6.07, 6.45) is 0.687. The van der Waals surface area contributed by atoms with E-state index < -0.39 is 23.1 Å². The minimum absolute atomic E-state index is 0.0324. The van der Waals surface area contributed by atoms with E-state index in [4.69, 9.17) is 18.9 Å². The lowest BCUT2D eigenvalue weighted by Gasteiger charge is -2.42. The molecule has 0 spiro atoms. The normalized spacial score (nSPS) is 20.6. The fourth-order valence-electron chi connectivity index (χ4n) is 5.93. The van der Waals surface area contributed by atoms with E-state index in [9.17, 15) is 9.59 Å². The smallest absolute Gasteiger partial charge is 0.339 e. The van der Waals surface area contributed by atoms with Crippen LogP contribution in [0.2, 0.25) is 0 Å². The number of carbonyl (C=O) groups excluding carboxylic acids is 2. The lowest BCUT2D eigenvalue weighted by Crippen LogP contribution is -2.50. The molecule has 214 valence electrons. The molecule has 1 aromatic carbocycles. The SMILES string of the molecule is CC(C)C(CC1NCCO1)(OC(=O)c1ccccc1C(=O)OC(CC1NCCO1)(C(C)C)C(C)C)C(C)C. The van der Waals surface area contributed by atoms with Gasteiger partial charge in [-0.1, -0.05) is 67.5 Å². The molecule has 8 nitrogen and oxygen atoms in total. The molecule has 0 bridgehead atoms. The van der Waals surface area contributed by atoms with Gasteiger partial charge in [-0.05, 0) is 35.8 Å². The summed E-state index contributed by atoms with van der Waals surface area (Å²) in [4.78, 5) is 27.5. The third kappa shape index (κ3) is 6.58. The molecule has 2 N–H and O–H groups in total.